The Hall–Kier alpha value is -3.15. The fourth-order valence-electron chi connectivity index (χ4n) is 3.10. The van der Waals surface area contributed by atoms with Crippen LogP contribution in [0.5, 0.6) is 0 Å². The predicted molar refractivity (Wildman–Crippen MR) is 102 cm³/mol. The van der Waals surface area contributed by atoms with Gasteiger partial charge in [0, 0.05) is 12.5 Å². The van der Waals surface area contributed by atoms with Crippen molar-refractivity contribution in [2.45, 2.75) is 32.7 Å². The van der Waals surface area contributed by atoms with Crippen molar-refractivity contribution >= 4 is 29.2 Å². The second kappa shape index (κ2) is 8.03. The summed E-state index contributed by atoms with van der Waals surface area (Å²) in [6.45, 7) is 3.41. The Labute approximate surface area is 158 Å². The Morgan fingerprint density at radius 3 is 2.59 bits per heavy atom. The van der Waals surface area contributed by atoms with Crippen LogP contribution in [0.4, 0.5) is 11.4 Å². The standard InChI is InChI=1S/C21H22N2O4/c1-14-7-9-16(10-8-14)12-21(26)27-13-20(25)23-15(2)11-19(24)22-17-5-3-4-6-18(17)23/h3-10,15H,11-13H2,1-2H3,(H,22,24)/t15-/m0/s1. The monoisotopic (exact) mass is 366 g/mol. The quantitative estimate of drug-likeness (QED) is 0.845. The molecule has 0 bridgehead atoms. The van der Waals surface area contributed by atoms with Gasteiger partial charge in [0.1, 0.15) is 0 Å². The molecule has 3 rings (SSSR count). The lowest BCUT2D eigenvalue weighted by atomic mass is 10.1. The van der Waals surface area contributed by atoms with Crippen LogP contribution in [0.15, 0.2) is 48.5 Å². The van der Waals surface area contributed by atoms with Crippen LogP contribution in [0.1, 0.15) is 24.5 Å². The number of rotatable bonds is 4. The van der Waals surface area contributed by atoms with Crippen molar-refractivity contribution in [2.24, 2.45) is 0 Å². The van der Waals surface area contributed by atoms with Crippen LogP contribution in [0.3, 0.4) is 0 Å². The molecule has 0 fully saturated rings. The lowest BCUT2D eigenvalue weighted by Gasteiger charge is -2.27. The molecule has 0 aliphatic carbocycles. The zero-order chi connectivity index (χ0) is 19.4. The molecule has 1 aliphatic rings. The van der Waals surface area contributed by atoms with Gasteiger partial charge < -0.3 is 15.0 Å². The molecule has 2 amide bonds. The second-order valence-electron chi connectivity index (χ2n) is 6.71. The third-order valence-corrected chi connectivity index (χ3v) is 4.45. The highest BCUT2D eigenvalue weighted by atomic mass is 16.5. The number of hydrogen-bond acceptors (Lipinski definition) is 4. The third-order valence-electron chi connectivity index (χ3n) is 4.45. The number of aryl methyl sites for hydroxylation is 1. The van der Waals surface area contributed by atoms with E-state index in [4.69, 9.17) is 4.74 Å². The molecule has 0 spiro atoms. The number of esters is 1. The normalized spacial score (nSPS) is 16.1. The molecule has 0 saturated carbocycles. The maximum absolute atomic E-state index is 12.7. The van der Waals surface area contributed by atoms with Crippen LogP contribution < -0.4 is 10.2 Å². The van der Waals surface area contributed by atoms with Crippen molar-refractivity contribution in [1.82, 2.24) is 0 Å². The summed E-state index contributed by atoms with van der Waals surface area (Å²) < 4.78 is 5.19. The Bertz CT molecular complexity index is 861. The summed E-state index contributed by atoms with van der Waals surface area (Å²) in [5.74, 6) is -0.970. The van der Waals surface area contributed by atoms with Gasteiger partial charge in [0.25, 0.3) is 5.91 Å². The van der Waals surface area contributed by atoms with Gasteiger partial charge in [0.2, 0.25) is 5.91 Å². The average Bonchev–Trinajstić information content (AvgIpc) is 2.76. The van der Waals surface area contributed by atoms with Gasteiger partial charge >= 0.3 is 5.97 Å². The molecule has 1 atom stereocenters. The minimum Gasteiger partial charge on any atom is -0.455 e. The molecule has 0 saturated heterocycles. The van der Waals surface area contributed by atoms with Crippen LogP contribution in [-0.4, -0.2) is 30.4 Å². The van der Waals surface area contributed by atoms with Gasteiger partial charge in [0.05, 0.1) is 17.8 Å². The maximum atomic E-state index is 12.7. The molecule has 27 heavy (non-hydrogen) atoms. The van der Waals surface area contributed by atoms with Crippen molar-refractivity contribution < 1.29 is 19.1 Å². The molecule has 2 aromatic rings. The van der Waals surface area contributed by atoms with Crippen molar-refractivity contribution in [1.29, 1.82) is 0 Å². The molecule has 1 heterocycles. The third kappa shape index (κ3) is 4.53. The number of para-hydroxylation sites is 2. The Balaban J connectivity index is 1.67. The van der Waals surface area contributed by atoms with E-state index >= 15 is 0 Å². The first-order valence-corrected chi connectivity index (χ1v) is 8.86. The number of carbonyl (C=O) groups is 3. The zero-order valence-electron chi connectivity index (χ0n) is 15.4. The van der Waals surface area contributed by atoms with E-state index < -0.39 is 5.97 Å². The number of ether oxygens (including phenoxy) is 1. The number of nitrogens with one attached hydrogen (secondary N) is 1. The van der Waals surface area contributed by atoms with Gasteiger partial charge in [-0.2, -0.15) is 0 Å². The summed E-state index contributed by atoms with van der Waals surface area (Å²) in [5, 5.41) is 2.80. The van der Waals surface area contributed by atoms with Crippen LogP contribution in [0.25, 0.3) is 0 Å². The summed E-state index contributed by atoms with van der Waals surface area (Å²) in [6, 6.07) is 14.3. The molecule has 2 aromatic carbocycles. The minimum absolute atomic E-state index is 0.111. The molecule has 140 valence electrons. The highest BCUT2D eigenvalue weighted by Gasteiger charge is 2.30. The van der Waals surface area contributed by atoms with E-state index in [1.807, 2.05) is 31.2 Å². The molecule has 1 aliphatic heterocycles. The van der Waals surface area contributed by atoms with E-state index in [9.17, 15) is 14.4 Å². The number of anilines is 2. The van der Waals surface area contributed by atoms with Gasteiger partial charge in [-0.25, -0.2) is 0 Å². The van der Waals surface area contributed by atoms with E-state index in [0.717, 1.165) is 11.1 Å². The van der Waals surface area contributed by atoms with Crippen molar-refractivity contribution in [3.63, 3.8) is 0 Å². The Morgan fingerprint density at radius 2 is 1.85 bits per heavy atom. The smallest absolute Gasteiger partial charge is 0.310 e. The Kier molecular flexibility index (Phi) is 5.54. The summed E-state index contributed by atoms with van der Waals surface area (Å²) in [4.78, 5) is 38.3. The van der Waals surface area contributed by atoms with Crippen LogP contribution in [0.2, 0.25) is 0 Å². The fraction of sp³-hybridized carbons (Fsp3) is 0.286. The molecular weight excluding hydrogens is 344 g/mol. The van der Waals surface area contributed by atoms with Crippen LogP contribution in [0, 0.1) is 6.92 Å². The van der Waals surface area contributed by atoms with Gasteiger partial charge in [-0.05, 0) is 31.5 Å². The average molecular weight is 366 g/mol. The second-order valence-corrected chi connectivity index (χ2v) is 6.71. The molecule has 6 heteroatoms. The van der Waals surface area contributed by atoms with Crippen molar-refractivity contribution in [3.8, 4) is 0 Å². The number of amides is 2. The summed E-state index contributed by atoms with van der Waals surface area (Å²) in [7, 11) is 0. The predicted octanol–water partition coefficient (Wildman–Crippen LogP) is 2.84. The SMILES string of the molecule is Cc1ccc(CC(=O)OCC(=O)N2c3ccccc3NC(=O)C[C@@H]2C)cc1. The lowest BCUT2D eigenvalue weighted by Crippen LogP contribution is -2.41. The van der Waals surface area contributed by atoms with Crippen LogP contribution >= 0.6 is 0 Å². The molecule has 0 aromatic heterocycles. The fourth-order valence-corrected chi connectivity index (χ4v) is 3.10. The van der Waals surface area contributed by atoms with Crippen molar-refractivity contribution in [3.05, 3.63) is 59.7 Å². The zero-order valence-corrected chi connectivity index (χ0v) is 15.4. The van der Waals surface area contributed by atoms with E-state index in [1.165, 1.54) is 4.90 Å². The summed E-state index contributed by atoms with van der Waals surface area (Å²) in [5.41, 5.74) is 3.13. The number of carbonyl (C=O) groups excluding carboxylic acids is 3. The Morgan fingerprint density at radius 1 is 1.15 bits per heavy atom. The first kappa shape index (κ1) is 18.6. The highest BCUT2D eigenvalue weighted by molar-refractivity contribution is 6.05. The number of nitrogens with zero attached hydrogens (tertiary/aromatic N) is 1. The molecule has 0 unspecified atom stereocenters. The lowest BCUT2D eigenvalue weighted by molar-refractivity contribution is -0.147. The first-order chi connectivity index (χ1) is 12.9. The van der Waals surface area contributed by atoms with Gasteiger partial charge in [-0.15, -0.1) is 0 Å². The minimum atomic E-state index is -0.461. The topological polar surface area (TPSA) is 75.7 Å². The van der Waals surface area contributed by atoms with E-state index in [1.54, 1.807) is 31.2 Å². The molecule has 0 radical (unpaired) electrons. The van der Waals surface area contributed by atoms with E-state index in [0.29, 0.717) is 11.4 Å². The van der Waals surface area contributed by atoms with Crippen molar-refractivity contribution in [2.75, 3.05) is 16.8 Å². The highest BCUT2D eigenvalue weighted by Crippen LogP contribution is 2.31. The number of hydrogen-bond donors (Lipinski definition) is 1. The molecule has 6 nitrogen and oxygen atoms in total. The van der Waals surface area contributed by atoms with Gasteiger partial charge in [-0.1, -0.05) is 42.0 Å². The van der Waals surface area contributed by atoms with Crippen LogP contribution in [-0.2, 0) is 25.5 Å². The molecule has 1 N–H and O–H groups in total. The number of fused-ring (bicyclic) bond motifs is 1. The van der Waals surface area contributed by atoms with E-state index in [2.05, 4.69) is 5.32 Å². The summed E-state index contributed by atoms with van der Waals surface area (Å²) in [6.07, 6.45) is 0.289. The first-order valence-electron chi connectivity index (χ1n) is 8.86. The van der Waals surface area contributed by atoms with Gasteiger partial charge in [-0.3, -0.25) is 14.4 Å². The van der Waals surface area contributed by atoms with Gasteiger partial charge in [0.15, 0.2) is 6.61 Å². The largest absolute Gasteiger partial charge is 0.455 e. The number of benzene rings is 2. The van der Waals surface area contributed by atoms with E-state index in [-0.39, 0.29) is 37.3 Å². The maximum Gasteiger partial charge on any atom is 0.310 e. The molecular formula is C21H22N2O4. The summed E-state index contributed by atoms with van der Waals surface area (Å²) >= 11 is 0.